The highest BCUT2D eigenvalue weighted by Crippen LogP contribution is 2.20. The van der Waals surface area contributed by atoms with Crippen LogP contribution in [0.1, 0.15) is 32.6 Å². The minimum absolute atomic E-state index is 0.221. The van der Waals surface area contributed by atoms with E-state index in [9.17, 15) is 4.79 Å². The molecule has 0 aliphatic carbocycles. The third kappa shape index (κ3) is 2.74. The number of carbonyl (C=O) groups is 1. The first-order valence-electron chi connectivity index (χ1n) is 6.42. The van der Waals surface area contributed by atoms with Gasteiger partial charge in [0.25, 0.3) is 0 Å². The molecule has 0 aromatic rings. The van der Waals surface area contributed by atoms with Gasteiger partial charge in [0, 0.05) is 32.1 Å². The van der Waals surface area contributed by atoms with Gasteiger partial charge in [0.2, 0.25) is 5.91 Å². The molecular weight excluding hydrogens is 202 g/mol. The fourth-order valence-electron chi connectivity index (χ4n) is 2.83. The van der Waals surface area contributed by atoms with Crippen LogP contribution in [0.5, 0.6) is 0 Å². The van der Waals surface area contributed by atoms with Crippen LogP contribution in [0.4, 0.5) is 0 Å². The van der Waals surface area contributed by atoms with Gasteiger partial charge < -0.3 is 15.5 Å². The average Bonchev–Trinajstić information content (AvgIpc) is 2.30. The first-order valence-corrected chi connectivity index (χ1v) is 6.42. The summed E-state index contributed by atoms with van der Waals surface area (Å²) in [5.41, 5.74) is 5.91. The van der Waals surface area contributed by atoms with E-state index >= 15 is 0 Å². The number of hydrogen-bond acceptors (Lipinski definition) is 3. The van der Waals surface area contributed by atoms with Gasteiger partial charge in [-0.25, -0.2) is 0 Å². The van der Waals surface area contributed by atoms with Crippen molar-refractivity contribution in [2.75, 3.05) is 26.2 Å². The number of rotatable bonds is 1. The number of amides is 1. The quantitative estimate of drug-likeness (QED) is 0.703. The summed E-state index contributed by atoms with van der Waals surface area (Å²) in [6.45, 7) is 5.82. The molecule has 16 heavy (non-hydrogen) atoms. The van der Waals surface area contributed by atoms with Crippen LogP contribution in [-0.2, 0) is 4.79 Å². The molecule has 2 heterocycles. The summed E-state index contributed by atoms with van der Waals surface area (Å²) in [6, 6.07) is 1.09. The highest BCUT2D eigenvalue weighted by molar-refractivity contribution is 5.73. The minimum atomic E-state index is 0.221. The van der Waals surface area contributed by atoms with Crippen molar-refractivity contribution in [1.82, 2.24) is 9.80 Å². The maximum absolute atomic E-state index is 11.2. The van der Waals surface area contributed by atoms with Crippen LogP contribution in [0, 0.1) is 0 Å². The maximum atomic E-state index is 11.2. The molecule has 2 aliphatic rings. The predicted molar refractivity (Wildman–Crippen MR) is 64.1 cm³/mol. The van der Waals surface area contributed by atoms with Crippen LogP contribution in [-0.4, -0.2) is 54.0 Å². The zero-order valence-corrected chi connectivity index (χ0v) is 10.2. The molecule has 0 unspecified atom stereocenters. The fourth-order valence-corrected chi connectivity index (χ4v) is 2.83. The van der Waals surface area contributed by atoms with Gasteiger partial charge in [0.1, 0.15) is 0 Å². The van der Waals surface area contributed by atoms with Crippen LogP contribution in [0.25, 0.3) is 0 Å². The first-order chi connectivity index (χ1) is 7.66. The van der Waals surface area contributed by atoms with Crippen molar-refractivity contribution in [3.63, 3.8) is 0 Å². The van der Waals surface area contributed by atoms with Gasteiger partial charge >= 0.3 is 0 Å². The molecule has 0 atom stereocenters. The second kappa shape index (κ2) is 5.15. The topological polar surface area (TPSA) is 49.6 Å². The van der Waals surface area contributed by atoms with E-state index in [2.05, 4.69) is 4.90 Å². The fraction of sp³-hybridized carbons (Fsp3) is 0.917. The van der Waals surface area contributed by atoms with Crippen LogP contribution < -0.4 is 5.73 Å². The van der Waals surface area contributed by atoms with Crippen molar-refractivity contribution in [2.45, 2.75) is 44.7 Å². The van der Waals surface area contributed by atoms with Gasteiger partial charge in [-0.1, -0.05) is 0 Å². The second-order valence-electron chi connectivity index (χ2n) is 5.11. The molecule has 1 amide bonds. The minimum Gasteiger partial charge on any atom is -0.343 e. The van der Waals surface area contributed by atoms with Crippen LogP contribution in [0.3, 0.4) is 0 Å². The van der Waals surface area contributed by atoms with Crippen LogP contribution in [0.2, 0.25) is 0 Å². The summed E-state index contributed by atoms with van der Waals surface area (Å²) in [5.74, 6) is 0.221. The van der Waals surface area contributed by atoms with Crippen LogP contribution >= 0.6 is 0 Å². The maximum Gasteiger partial charge on any atom is 0.219 e. The van der Waals surface area contributed by atoms with E-state index in [-0.39, 0.29) is 5.91 Å². The Bertz CT molecular complexity index is 241. The molecule has 4 heteroatoms. The lowest BCUT2D eigenvalue weighted by molar-refractivity contribution is -0.130. The predicted octanol–water partition coefficient (Wildman–Crippen LogP) is 0.420. The zero-order valence-electron chi connectivity index (χ0n) is 10.2. The molecule has 0 aromatic heterocycles. The van der Waals surface area contributed by atoms with E-state index < -0.39 is 0 Å². The van der Waals surface area contributed by atoms with Crippen molar-refractivity contribution in [2.24, 2.45) is 5.73 Å². The Morgan fingerprint density at radius 2 is 1.62 bits per heavy atom. The third-order valence-corrected chi connectivity index (χ3v) is 4.00. The third-order valence-electron chi connectivity index (χ3n) is 4.00. The molecule has 0 radical (unpaired) electrons. The van der Waals surface area contributed by atoms with E-state index in [1.165, 1.54) is 0 Å². The Kier molecular flexibility index (Phi) is 3.82. The number of piperidine rings is 2. The summed E-state index contributed by atoms with van der Waals surface area (Å²) in [5, 5.41) is 0. The second-order valence-corrected chi connectivity index (χ2v) is 5.11. The van der Waals surface area contributed by atoms with Crippen molar-refractivity contribution in [3.8, 4) is 0 Å². The highest BCUT2D eigenvalue weighted by atomic mass is 16.2. The SMILES string of the molecule is CC(=O)N1CCC(N2CCC(N)CC2)CC1. The van der Waals surface area contributed by atoms with E-state index in [4.69, 9.17) is 5.73 Å². The Morgan fingerprint density at radius 1 is 1.06 bits per heavy atom. The molecule has 2 fully saturated rings. The molecule has 0 saturated carbocycles. The molecule has 4 nitrogen and oxygen atoms in total. The lowest BCUT2D eigenvalue weighted by Gasteiger charge is -2.41. The summed E-state index contributed by atoms with van der Waals surface area (Å²) in [4.78, 5) is 15.8. The standard InChI is InChI=1S/C12H23N3O/c1-10(16)14-8-4-12(5-9-14)15-6-2-11(13)3-7-15/h11-12H,2-9,13H2,1H3. The Labute approximate surface area is 97.8 Å². The number of nitrogens with zero attached hydrogens (tertiary/aromatic N) is 2. The molecule has 0 bridgehead atoms. The number of nitrogens with two attached hydrogens (primary N) is 1. The van der Waals surface area contributed by atoms with Crippen molar-refractivity contribution in [3.05, 3.63) is 0 Å². The monoisotopic (exact) mass is 225 g/mol. The van der Waals surface area contributed by atoms with Gasteiger partial charge in [-0.15, -0.1) is 0 Å². The number of carbonyl (C=O) groups excluding carboxylic acids is 1. The Hall–Kier alpha value is -0.610. The zero-order chi connectivity index (χ0) is 11.5. The molecule has 0 spiro atoms. The van der Waals surface area contributed by atoms with Gasteiger partial charge in [-0.3, -0.25) is 4.79 Å². The summed E-state index contributed by atoms with van der Waals surface area (Å²) >= 11 is 0. The molecule has 0 aromatic carbocycles. The summed E-state index contributed by atoms with van der Waals surface area (Å²) in [6.07, 6.45) is 4.53. The smallest absolute Gasteiger partial charge is 0.219 e. The summed E-state index contributed by atoms with van der Waals surface area (Å²) < 4.78 is 0. The van der Waals surface area contributed by atoms with Crippen molar-refractivity contribution in [1.29, 1.82) is 0 Å². The summed E-state index contributed by atoms with van der Waals surface area (Å²) in [7, 11) is 0. The van der Waals surface area contributed by atoms with E-state index in [1.807, 2.05) is 4.90 Å². The van der Waals surface area contributed by atoms with Crippen molar-refractivity contribution >= 4 is 5.91 Å². The number of hydrogen-bond donors (Lipinski definition) is 1. The van der Waals surface area contributed by atoms with Crippen molar-refractivity contribution < 1.29 is 4.79 Å². The van der Waals surface area contributed by atoms with E-state index in [1.54, 1.807) is 6.92 Å². The molecule has 2 N–H and O–H groups in total. The van der Waals surface area contributed by atoms with Gasteiger partial charge in [0.15, 0.2) is 0 Å². The van der Waals surface area contributed by atoms with E-state index in [0.717, 1.165) is 51.9 Å². The van der Waals surface area contributed by atoms with E-state index in [0.29, 0.717) is 12.1 Å². The van der Waals surface area contributed by atoms with Gasteiger partial charge in [0.05, 0.1) is 0 Å². The van der Waals surface area contributed by atoms with Gasteiger partial charge in [-0.2, -0.15) is 0 Å². The normalized spacial score (nSPS) is 26.0. The molecule has 2 saturated heterocycles. The lowest BCUT2D eigenvalue weighted by Crippen LogP contribution is -2.50. The van der Waals surface area contributed by atoms with Gasteiger partial charge in [-0.05, 0) is 38.8 Å². The first kappa shape index (κ1) is 11.9. The average molecular weight is 225 g/mol. The molecular formula is C12H23N3O. The molecule has 2 rings (SSSR count). The van der Waals surface area contributed by atoms with Crippen LogP contribution in [0.15, 0.2) is 0 Å². The largest absolute Gasteiger partial charge is 0.343 e. The molecule has 92 valence electrons. The Morgan fingerprint density at radius 3 is 2.12 bits per heavy atom. The highest BCUT2D eigenvalue weighted by Gasteiger charge is 2.27. The lowest BCUT2D eigenvalue weighted by atomic mass is 9.98. The number of likely N-dealkylation sites (tertiary alicyclic amines) is 2. The Balaban J connectivity index is 1.78. The molecule has 2 aliphatic heterocycles.